The van der Waals surface area contributed by atoms with E-state index in [0.29, 0.717) is 28.0 Å². The van der Waals surface area contributed by atoms with E-state index in [0.717, 1.165) is 16.6 Å². The molecule has 0 spiro atoms. The predicted octanol–water partition coefficient (Wildman–Crippen LogP) is 3.30. The molecule has 2 heterocycles. The lowest BCUT2D eigenvalue weighted by Gasteiger charge is -2.10. The van der Waals surface area contributed by atoms with Gasteiger partial charge in [-0.3, -0.25) is 9.79 Å². The number of amidine groups is 1. The Bertz CT molecular complexity index is 1070. The summed E-state index contributed by atoms with van der Waals surface area (Å²) in [5, 5.41) is 12.9. The first-order valence-corrected chi connectivity index (χ1v) is 9.73. The largest absolute Gasteiger partial charge is 0.441 e. The topological polar surface area (TPSA) is 87.7 Å². The SMILES string of the molecule is Cc1nc2ccc(C=C3SC(=NC(CO)Cc4ccccc4)NC3=O)cc2o1. The molecule has 2 aromatic carbocycles. The lowest BCUT2D eigenvalue weighted by Crippen LogP contribution is -2.23. The van der Waals surface area contributed by atoms with E-state index in [-0.39, 0.29) is 18.6 Å². The molecule has 6 nitrogen and oxygen atoms in total. The summed E-state index contributed by atoms with van der Waals surface area (Å²) in [6.45, 7) is 1.71. The zero-order valence-corrected chi connectivity index (χ0v) is 16.1. The molecule has 0 bridgehead atoms. The Balaban J connectivity index is 1.51. The number of oxazole rings is 1. The van der Waals surface area contributed by atoms with Crippen LogP contribution < -0.4 is 5.32 Å². The molecule has 28 heavy (non-hydrogen) atoms. The molecular formula is C21H19N3O3S. The van der Waals surface area contributed by atoms with E-state index >= 15 is 0 Å². The summed E-state index contributed by atoms with van der Waals surface area (Å²) in [4.78, 5) is 21.6. The van der Waals surface area contributed by atoms with Crippen LogP contribution in [0, 0.1) is 6.92 Å². The summed E-state index contributed by atoms with van der Waals surface area (Å²) in [5.41, 5.74) is 3.42. The Labute approximate surface area is 166 Å². The summed E-state index contributed by atoms with van der Waals surface area (Å²) < 4.78 is 5.55. The molecular weight excluding hydrogens is 374 g/mol. The van der Waals surface area contributed by atoms with Gasteiger partial charge >= 0.3 is 0 Å². The number of aliphatic hydroxyl groups excluding tert-OH is 1. The van der Waals surface area contributed by atoms with Gasteiger partial charge in [-0.25, -0.2) is 4.98 Å². The van der Waals surface area contributed by atoms with Crippen LogP contribution in [-0.4, -0.2) is 33.8 Å². The minimum atomic E-state index is -0.307. The fourth-order valence-corrected chi connectivity index (χ4v) is 3.88. The fourth-order valence-electron chi connectivity index (χ4n) is 2.99. The number of carbonyl (C=O) groups is 1. The van der Waals surface area contributed by atoms with Crippen LogP contribution in [-0.2, 0) is 11.2 Å². The van der Waals surface area contributed by atoms with E-state index < -0.39 is 0 Å². The monoisotopic (exact) mass is 393 g/mol. The predicted molar refractivity (Wildman–Crippen MR) is 111 cm³/mol. The fraction of sp³-hybridized carbons (Fsp3) is 0.190. The average Bonchev–Trinajstić information content (AvgIpc) is 3.22. The van der Waals surface area contributed by atoms with Gasteiger partial charge in [-0.15, -0.1) is 0 Å². The number of nitrogens with zero attached hydrogens (tertiary/aromatic N) is 2. The third-order valence-corrected chi connectivity index (χ3v) is 5.22. The second-order valence-electron chi connectivity index (χ2n) is 6.49. The Kier molecular flexibility index (Phi) is 5.27. The Hall–Kier alpha value is -2.90. The molecule has 2 N–H and O–H groups in total. The van der Waals surface area contributed by atoms with Gasteiger partial charge in [0.15, 0.2) is 16.6 Å². The summed E-state index contributed by atoms with van der Waals surface area (Å²) in [6.07, 6.45) is 2.41. The highest BCUT2D eigenvalue weighted by Crippen LogP contribution is 2.28. The number of rotatable bonds is 5. The quantitative estimate of drug-likeness (QED) is 0.650. The number of hydrogen-bond acceptors (Lipinski definition) is 6. The standard InChI is InChI=1S/C21H19N3O3S/c1-13-22-17-8-7-15(10-18(17)27-13)11-19-20(26)24-21(28-19)23-16(12-25)9-14-5-3-2-4-6-14/h2-8,10-11,16,25H,9,12H2,1H3,(H,23,24,26). The summed E-state index contributed by atoms with van der Waals surface area (Å²) in [5.74, 6) is 0.407. The zero-order valence-electron chi connectivity index (χ0n) is 15.3. The van der Waals surface area contributed by atoms with E-state index in [1.807, 2.05) is 48.5 Å². The molecule has 1 unspecified atom stereocenters. The van der Waals surface area contributed by atoms with E-state index in [2.05, 4.69) is 15.3 Å². The molecule has 1 saturated heterocycles. The minimum Gasteiger partial charge on any atom is -0.441 e. The normalized spacial score (nSPS) is 18.1. The number of amides is 1. The first-order valence-electron chi connectivity index (χ1n) is 8.91. The van der Waals surface area contributed by atoms with Crippen molar-refractivity contribution in [3.05, 3.63) is 70.5 Å². The maximum Gasteiger partial charge on any atom is 0.264 e. The molecule has 1 atom stereocenters. The van der Waals surface area contributed by atoms with Crippen molar-refractivity contribution < 1.29 is 14.3 Å². The van der Waals surface area contributed by atoms with Gasteiger partial charge in [-0.1, -0.05) is 36.4 Å². The van der Waals surface area contributed by atoms with Crippen molar-refractivity contribution in [2.75, 3.05) is 6.61 Å². The molecule has 4 rings (SSSR count). The lowest BCUT2D eigenvalue weighted by molar-refractivity contribution is -0.115. The van der Waals surface area contributed by atoms with Crippen molar-refractivity contribution in [1.82, 2.24) is 10.3 Å². The number of aliphatic imine (C=N–C) groups is 1. The van der Waals surface area contributed by atoms with Gasteiger partial charge in [0.1, 0.15) is 5.52 Å². The van der Waals surface area contributed by atoms with Crippen LogP contribution in [0.15, 0.2) is 62.8 Å². The lowest BCUT2D eigenvalue weighted by atomic mass is 10.1. The van der Waals surface area contributed by atoms with Crippen molar-refractivity contribution in [3.8, 4) is 0 Å². The smallest absolute Gasteiger partial charge is 0.264 e. The number of fused-ring (bicyclic) bond motifs is 1. The third kappa shape index (κ3) is 4.16. The van der Waals surface area contributed by atoms with Crippen molar-refractivity contribution in [1.29, 1.82) is 0 Å². The van der Waals surface area contributed by atoms with Crippen molar-refractivity contribution >= 4 is 40.0 Å². The number of hydrogen-bond donors (Lipinski definition) is 2. The molecule has 0 aliphatic carbocycles. The van der Waals surface area contributed by atoms with E-state index in [1.165, 1.54) is 11.8 Å². The number of aryl methyl sites for hydroxylation is 1. The van der Waals surface area contributed by atoms with Gasteiger partial charge in [-0.2, -0.15) is 0 Å². The second-order valence-corrected chi connectivity index (χ2v) is 7.52. The summed E-state index contributed by atoms with van der Waals surface area (Å²) >= 11 is 1.27. The molecule has 142 valence electrons. The summed E-state index contributed by atoms with van der Waals surface area (Å²) in [7, 11) is 0. The van der Waals surface area contributed by atoms with Crippen molar-refractivity contribution in [2.45, 2.75) is 19.4 Å². The number of nitrogens with one attached hydrogen (secondary N) is 1. The van der Waals surface area contributed by atoms with Gasteiger partial charge in [0.05, 0.1) is 17.6 Å². The molecule has 1 aliphatic heterocycles. The van der Waals surface area contributed by atoms with Gasteiger partial charge in [-0.05, 0) is 47.5 Å². The van der Waals surface area contributed by atoms with Gasteiger partial charge in [0.2, 0.25) is 0 Å². The van der Waals surface area contributed by atoms with E-state index in [1.54, 1.807) is 13.0 Å². The molecule has 7 heteroatoms. The van der Waals surface area contributed by atoms with Gasteiger partial charge in [0.25, 0.3) is 5.91 Å². The van der Waals surface area contributed by atoms with Crippen molar-refractivity contribution in [2.24, 2.45) is 4.99 Å². The van der Waals surface area contributed by atoms with Gasteiger partial charge < -0.3 is 14.8 Å². The zero-order chi connectivity index (χ0) is 19.5. The van der Waals surface area contributed by atoms with Crippen LogP contribution in [0.3, 0.4) is 0 Å². The highest BCUT2D eigenvalue weighted by molar-refractivity contribution is 8.18. The maximum atomic E-state index is 12.3. The molecule has 1 amide bonds. The Morgan fingerprint density at radius 2 is 2.11 bits per heavy atom. The van der Waals surface area contributed by atoms with Crippen LogP contribution >= 0.6 is 11.8 Å². The molecule has 1 fully saturated rings. The number of benzene rings is 2. The Morgan fingerprint density at radius 1 is 1.29 bits per heavy atom. The first-order chi connectivity index (χ1) is 13.6. The second kappa shape index (κ2) is 8.00. The van der Waals surface area contributed by atoms with Crippen LogP contribution in [0.1, 0.15) is 17.0 Å². The van der Waals surface area contributed by atoms with E-state index in [9.17, 15) is 9.90 Å². The Morgan fingerprint density at radius 3 is 2.89 bits per heavy atom. The maximum absolute atomic E-state index is 12.3. The van der Waals surface area contributed by atoms with Gasteiger partial charge in [0, 0.05) is 6.92 Å². The van der Waals surface area contributed by atoms with Crippen LogP contribution in [0.4, 0.5) is 0 Å². The highest BCUT2D eigenvalue weighted by Gasteiger charge is 2.25. The van der Waals surface area contributed by atoms with Crippen LogP contribution in [0.5, 0.6) is 0 Å². The van der Waals surface area contributed by atoms with Crippen molar-refractivity contribution in [3.63, 3.8) is 0 Å². The number of carbonyl (C=O) groups excluding carboxylic acids is 1. The van der Waals surface area contributed by atoms with Crippen LogP contribution in [0.25, 0.3) is 17.2 Å². The highest BCUT2D eigenvalue weighted by atomic mass is 32.2. The van der Waals surface area contributed by atoms with E-state index in [4.69, 9.17) is 4.42 Å². The average molecular weight is 393 g/mol. The minimum absolute atomic E-state index is 0.0879. The molecule has 0 saturated carbocycles. The third-order valence-electron chi connectivity index (χ3n) is 4.29. The number of thioether (sulfide) groups is 1. The van der Waals surface area contributed by atoms with Crippen LogP contribution in [0.2, 0.25) is 0 Å². The number of aliphatic hydroxyl groups is 1. The summed E-state index contributed by atoms with van der Waals surface area (Å²) in [6, 6.07) is 15.2. The molecule has 1 aliphatic rings. The molecule has 1 aromatic heterocycles. The molecule has 3 aromatic rings. The molecule has 0 radical (unpaired) electrons. The first kappa shape index (κ1) is 18.5. The number of aromatic nitrogens is 1.